The predicted octanol–water partition coefficient (Wildman–Crippen LogP) is 4.55. The fourth-order valence-corrected chi connectivity index (χ4v) is 1.46. The molecule has 0 rings (SSSR count). The number of hydrogen-bond donors (Lipinski definition) is 0. The van der Waals surface area contributed by atoms with E-state index in [0.717, 1.165) is 19.3 Å². The molecule has 1 atom stereocenters. The Morgan fingerprint density at radius 3 is 2.15 bits per heavy atom. The molecule has 0 aliphatic heterocycles. The zero-order chi connectivity index (χ0) is 10.3. The van der Waals surface area contributed by atoms with Crippen molar-refractivity contribution in [3.8, 4) is 0 Å². The van der Waals surface area contributed by atoms with Gasteiger partial charge >= 0.3 is 6.18 Å². The van der Waals surface area contributed by atoms with Crippen LogP contribution in [0.15, 0.2) is 0 Å². The molecular weight excluding hydrogens is 177 g/mol. The first-order chi connectivity index (χ1) is 5.95. The summed E-state index contributed by atoms with van der Waals surface area (Å²) < 4.78 is 35.2. The van der Waals surface area contributed by atoms with Crippen LogP contribution in [0.5, 0.6) is 0 Å². The molecule has 0 heterocycles. The monoisotopic (exact) mass is 196 g/mol. The van der Waals surface area contributed by atoms with Gasteiger partial charge in [0.05, 0.1) is 0 Å². The molecular formula is C10H19F3. The van der Waals surface area contributed by atoms with Gasteiger partial charge in [-0.05, 0) is 12.3 Å². The highest BCUT2D eigenvalue weighted by atomic mass is 19.4. The SMILES string of the molecule is CCCC(C)CCCCC(F)(F)F. The van der Waals surface area contributed by atoms with E-state index in [0.29, 0.717) is 12.3 Å². The molecule has 0 saturated heterocycles. The van der Waals surface area contributed by atoms with E-state index in [1.54, 1.807) is 0 Å². The fraction of sp³-hybridized carbons (Fsp3) is 1.00. The van der Waals surface area contributed by atoms with Crippen LogP contribution in [0.25, 0.3) is 0 Å². The second-order valence-corrected chi connectivity index (χ2v) is 3.75. The van der Waals surface area contributed by atoms with Gasteiger partial charge < -0.3 is 0 Å². The molecule has 0 aromatic heterocycles. The molecule has 13 heavy (non-hydrogen) atoms. The van der Waals surface area contributed by atoms with Crippen molar-refractivity contribution in [3.05, 3.63) is 0 Å². The second kappa shape index (κ2) is 6.28. The fourth-order valence-electron chi connectivity index (χ4n) is 1.46. The Bertz CT molecular complexity index is 118. The van der Waals surface area contributed by atoms with Gasteiger partial charge in [-0.2, -0.15) is 13.2 Å². The molecule has 0 amide bonds. The van der Waals surface area contributed by atoms with Crippen LogP contribution in [0.2, 0.25) is 0 Å². The van der Waals surface area contributed by atoms with Gasteiger partial charge in [0.15, 0.2) is 0 Å². The van der Waals surface area contributed by atoms with E-state index < -0.39 is 12.6 Å². The van der Waals surface area contributed by atoms with Gasteiger partial charge in [-0.25, -0.2) is 0 Å². The van der Waals surface area contributed by atoms with Gasteiger partial charge in [0, 0.05) is 6.42 Å². The first-order valence-corrected chi connectivity index (χ1v) is 5.02. The number of halogens is 3. The smallest absolute Gasteiger partial charge is 0.171 e. The Morgan fingerprint density at radius 1 is 1.08 bits per heavy atom. The van der Waals surface area contributed by atoms with Crippen LogP contribution < -0.4 is 0 Å². The molecule has 80 valence electrons. The van der Waals surface area contributed by atoms with Crippen LogP contribution in [0.1, 0.15) is 52.4 Å². The van der Waals surface area contributed by atoms with E-state index >= 15 is 0 Å². The number of alkyl halides is 3. The van der Waals surface area contributed by atoms with Crippen LogP contribution in [0, 0.1) is 5.92 Å². The standard InChI is InChI=1S/C10H19F3/c1-3-6-9(2)7-4-5-8-10(11,12)13/h9H,3-8H2,1-2H3. The Hall–Kier alpha value is -0.210. The van der Waals surface area contributed by atoms with E-state index in [1.165, 1.54) is 0 Å². The van der Waals surface area contributed by atoms with Gasteiger partial charge in [0.2, 0.25) is 0 Å². The number of rotatable bonds is 6. The van der Waals surface area contributed by atoms with E-state index in [-0.39, 0.29) is 6.42 Å². The molecule has 0 aromatic carbocycles. The molecule has 0 fully saturated rings. The molecule has 0 bridgehead atoms. The van der Waals surface area contributed by atoms with Crippen molar-refractivity contribution in [3.63, 3.8) is 0 Å². The predicted molar refractivity (Wildman–Crippen MR) is 48.6 cm³/mol. The van der Waals surface area contributed by atoms with E-state index in [4.69, 9.17) is 0 Å². The summed E-state index contributed by atoms with van der Waals surface area (Å²) in [5, 5.41) is 0. The van der Waals surface area contributed by atoms with Gasteiger partial charge in [0.1, 0.15) is 0 Å². The molecule has 0 aromatic rings. The molecule has 0 spiro atoms. The topological polar surface area (TPSA) is 0 Å². The number of hydrogen-bond acceptors (Lipinski definition) is 0. The van der Waals surface area contributed by atoms with Crippen LogP contribution in [-0.4, -0.2) is 6.18 Å². The summed E-state index contributed by atoms with van der Waals surface area (Å²) in [5.41, 5.74) is 0. The minimum Gasteiger partial charge on any atom is -0.171 e. The van der Waals surface area contributed by atoms with E-state index in [1.807, 2.05) is 0 Å². The Balaban J connectivity index is 3.25. The van der Waals surface area contributed by atoms with Gasteiger partial charge in [-0.15, -0.1) is 0 Å². The molecule has 0 aliphatic rings. The van der Waals surface area contributed by atoms with Crippen LogP contribution in [0.4, 0.5) is 13.2 Å². The molecule has 3 heteroatoms. The molecule has 0 saturated carbocycles. The minimum atomic E-state index is -3.96. The maximum Gasteiger partial charge on any atom is 0.389 e. The minimum absolute atomic E-state index is 0.289. The zero-order valence-electron chi connectivity index (χ0n) is 8.45. The lowest BCUT2D eigenvalue weighted by Crippen LogP contribution is -2.06. The molecule has 0 aliphatic carbocycles. The maximum atomic E-state index is 11.7. The lowest BCUT2D eigenvalue weighted by molar-refractivity contribution is -0.135. The summed E-state index contributed by atoms with van der Waals surface area (Å²) in [4.78, 5) is 0. The van der Waals surface area contributed by atoms with Crippen molar-refractivity contribution < 1.29 is 13.2 Å². The maximum absolute atomic E-state index is 11.7. The molecule has 0 N–H and O–H groups in total. The summed E-state index contributed by atoms with van der Waals surface area (Å²) in [6, 6.07) is 0. The second-order valence-electron chi connectivity index (χ2n) is 3.75. The highest BCUT2D eigenvalue weighted by molar-refractivity contribution is 4.55. The Labute approximate surface area is 78.5 Å². The third-order valence-electron chi connectivity index (χ3n) is 2.19. The van der Waals surface area contributed by atoms with Crippen molar-refractivity contribution in [2.24, 2.45) is 5.92 Å². The average molecular weight is 196 g/mol. The normalized spacial score (nSPS) is 14.5. The van der Waals surface area contributed by atoms with Crippen molar-refractivity contribution >= 4 is 0 Å². The number of unbranched alkanes of at least 4 members (excludes halogenated alkanes) is 1. The molecule has 0 radical (unpaired) electrons. The van der Waals surface area contributed by atoms with Crippen molar-refractivity contribution in [1.82, 2.24) is 0 Å². The largest absolute Gasteiger partial charge is 0.389 e. The van der Waals surface area contributed by atoms with Gasteiger partial charge in [0.25, 0.3) is 0 Å². The molecule has 0 nitrogen and oxygen atoms in total. The van der Waals surface area contributed by atoms with Crippen molar-refractivity contribution in [1.29, 1.82) is 0 Å². The zero-order valence-corrected chi connectivity index (χ0v) is 8.45. The summed E-state index contributed by atoms with van der Waals surface area (Å²) in [5.74, 6) is 0.582. The lowest BCUT2D eigenvalue weighted by Gasteiger charge is -2.10. The third-order valence-corrected chi connectivity index (χ3v) is 2.19. The van der Waals surface area contributed by atoms with Crippen molar-refractivity contribution in [2.45, 2.75) is 58.5 Å². The molecule has 1 unspecified atom stereocenters. The van der Waals surface area contributed by atoms with Crippen LogP contribution in [-0.2, 0) is 0 Å². The van der Waals surface area contributed by atoms with E-state index in [9.17, 15) is 13.2 Å². The Morgan fingerprint density at radius 2 is 1.69 bits per heavy atom. The highest BCUT2D eigenvalue weighted by Crippen LogP contribution is 2.24. The quantitative estimate of drug-likeness (QED) is 0.547. The Kier molecular flexibility index (Phi) is 6.17. The van der Waals surface area contributed by atoms with Crippen LogP contribution in [0.3, 0.4) is 0 Å². The van der Waals surface area contributed by atoms with Crippen molar-refractivity contribution in [2.75, 3.05) is 0 Å². The third kappa shape index (κ3) is 9.71. The summed E-state index contributed by atoms with van der Waals surface area (Å²) in [7, 11) is 0. The van der Waals surface area contributed by atoms with Gasteiger partial charge in [-0.3, -0.25) is 0 Å². The van der Waals surface area contributed by atoms with Crippen LogP contribution >= 0.6 is 0 Å². The summed E-state index contributed by atoms with van der Waals surface area (Å²) >= 11 is 0. The van der Waals surface area contributed by atoms with E-state index in [2.05, 4.69) is 13.8 Å². The summed E-state index contributed by atoms with van der Waals surface area (Å²) in [6.45, 7) is 4.21. The van der Waals surface area contributed by atoms with Gasteiger partial charge in [-0.1, -0.05) is 39.5 Å². The first kappa shape index (κ1) is 12.8. The highest BCUT2D eigenvalue weighted by Gasteiger charge is 2.25. The summed E-state index contributed by atoms with van der Waals surface area (Å²) in [6.07, 6.45) is -0.394. The lowest BCUT2D eigenvalue weighted by atomic mass is 9.99. The average Bonchev–Trinajstić information content (AvgIpc) is 1.97. The first-order valence-electron chi connectivity index (χ1n) is 5.02.